The normalized spacial score (nSPS) is 25.7. The summed E-state index contributed by atoms with van der Waals surface area (Å²) in [6.07, 6.45) is 4.29. The molecular weight excluding hydrogens is 358 g/mol. The molecule has 0 aromatic rings. The van der Waals surface area contributed by atoms with Gasteiger partial charge in [0.2, 0.25) is 17.7 Å². The largest absolute Gasteiger partial charge is 0.370 e. The molecule has 0 bridgehead atoms. The third-order valence-electron chi connectivity index (χ3n) is 6.54. The van der Waals surface area contributed by atoms with Crippen LogP contribution in [0.3, 0.4) is 0 Å². The van der Waals surface area contributed by atoms with Crippen LogP contribution in [0.25, 0.3) is 0 Å². The Hall–Kier alpha value is -1.67. The van der Waals surface area contributed by atoms with Crippen LogP contribution in [0.15, 0.2) is 0 Å². The quantitative estimate of drug-likeness (QED) is 0.694. The van der Waals surface area contributed by atoms with E-state index in [0.717, 1.165) is 78.0 Å². The fraction of sp³-hybridized carbons (Fsp3) is 0.850. The van der Waals surface area contributed by atoms with Gasteiger partial charge in [0.25, 0.3) is 0 Å². The maximum atomic E-state index is 12.9. The Kier molecular flexibility index (Phi) is 7.29. The smallest absolute Gasteiger partial charge is 0.227 e. The summed E-state index contributed by atoms with van der Waals surface area (Å²) >= 11 is 0. The molecule has 8 heteroatoms. The SMILES string of the molecule is CN1CCN(C(=O)[C@H]2CCCN(C3CCN(C(=O)CCC(N)=O)CC3)C2)CC1. The van der Waals surface area contributed by atoms with E-state index >= 15 is 0 Å². The maximum Gasteiger partial charge on any atom is 0.227 e. The van der Waals surface area contributed by atoms with Gasteiger partial charge in [-0.3, -0.25) is 19.3 Å². The summed E-state index contributed by atoms with van der Waals surface area (Å²) in [5, 5.41) is 0. The van der Waals surface area contributed by atoms with Crippen LogP contribution in [0.4, 0.5) is 0 Å². The Labute approximate surface area is 168 Å². The molecule has 0 aromatic carbocycles. The van der Waals surface area contributed by atoms with Gasteiger partial charge in [0.15, 0.2) is 0 Å². The number of likely N-dealkylation sites (tertiary alicyclic amines) is 2. The van der Waals surface area contributed by atoms with E-state index in [0.29, 0.717) is 11.9 Å². The molecule has 3 heterocycles. The fourth-order valence-corrected chi connectivity index (χ4v) is 4.69. The monoisotopic (exact) mass is 393 g/mol. The van der Waals surface area contributed by atoms with Gasteiger partial charge in [-0.25, -0.2) is 0 Å². The van der Waals surface area contributed by atoms with Gasteiger partial charge >= 0.3 is 0 Å². The number of hydrogen-bond acceptors (Lipinski definition) is 5. The molecule has 0 aromatic heterocycles. The second-order valence-electron chi connectivity index (χ2n) is 8.54. The molecule has 3 rings (SSSR count). The zero-order chi connectivity index (χ0) is 20.1. The van der Waals surface area contributed by atoms with Crippen molar-refractivity contribution in [2.45, 2.75) is 44.6 Å². The van der Waals surface area contributed by atoms with Crippen LogP contribution < -0.4 is 5.73 Å². The first-order chi connectivity index (χ1) is 13.4. The van der Waals surface area contributed by atoms with E-state index in [2.05, 4.69) is 16.8 Å². The third kappa shape index (κ3) is 5.44. The lowest BCUT2D eigenvalue weighted by Gasteiger charge is -2.43. The molecule has 0 unspecified atom stereocenters. The first-order valence-electron chi connectivity index (χ1n) is 10.7. The predicted octanol–water partition coefficient (Wildman–Crippen LogP) is -0.271. The van der Waals surface area contributed by atoms with Crippen LogP contribution in [0, 0.1) is 5.92 Å². The van der Waals surface area contributed by atoms with Crippen LogP contribution in [0.5, 0.6) is 0 Å². The van der Waals surface area contributed by atoms with E-state index in [4.69, 9.17) is 5.73 Å². The fourth-order valence-electron chi connectivity index (χ4n) is 4.69. The summed E-state index contributed by atoms with van der Waals surface area (Å²) in [5.74, 6) is 0.0517. The molecule has 0 saturated carbocycles. The lowest BCUT2D eigenvalue weighted by atomic mass is 9.92. The van der Waals surface area contributed by atoms with Crippen LogP contribution in [-0.2, 0) is 14.4 Å². The molecule has 3 aliphatic rings. The van der Waals surface area contributed by atoms with Crippen molar-refractivity contribution in [3.8, 4) is 0 Å². The average Bonchev–Trinajstić information content (AvgIpc) is 2.72. The number of carbonyl (C=O) groups is 3. The summed E-state index contributed by atoms with van der Waals surface area (Å²) < 4.78 is 0. The zero-order valence-electron chi connectivity index (χ0n) is 17.1. The molecule has 0 spiro atoms. The summed E-state index contributed by atoms with van der Waals surface area (Å²) in [7, 11) is 2.11. The van der Waals surface area contributed by atoms with Crippen molar-refractivity contribution in [3.05, 3.63) is 0 Å². The molecule has 2 N–H and O–H groups in total. The van der Waals surface area contributed by atoms with Crippen molar-refractivity contribution in [1.29, 1.82) is 0 Å². The number of amides is 3. The molecule has 158 valence electrons. The summed E-state index contributed by atoms with van der Waals surface area (Å²) in [6.45, 7) is 6.98. The van der Waals surface area contributed by atoms with Crippen molar-refractivity contribution in [2.24, 2.45) is 11.7 Å². The number of primary amides is 1. The molecule has 28 heavy (non-hydrogen) atoms. The van der Waals surface area contributed by atoms with Crippen LogP contribution >= 0.6 is 0 Å². The second kappa shape index (κ2) is 9.69. The maximum absolute atomic E-state index is 12.9. The van der Waals surface area contributed by atoms with Gasteiger partial charge in [0, 0.05) is 64.7 Å². The van der Waals surface area contributed by atoms with Gasteiger partial charge in [-0.15, -0.1) is 0 Å². The number of piperazine rings is 1. The highest BCUT2D eigenvalue weighted by atomic mass is 16.2. The van der Waals surface area contributed by atoms with Crippen LogP contribution in [0.1, 0.15) is 38.5 Å². The summed E-state index contributed by atoms with van der Waals surface area (Å²) in [5.41, 5.74) is 5.14. The first kappa shape index (κ1) is 21.0. The van der Waals surface area contributed by atoms with Crippen LogP contribution in [0.2, 0.25) is 0 Å². The highest BCUT2D eigenvalue weighted by Gasteiger charge is 2.34. The second-order valence-corrected chi connectivity index (χ2v) is 8.54. The number of piperidine rings is 2. The number of nitrogens with zero attached hydrogens (tertiary/aromatic N) is 4. The highest BCUT2D eigenvalue weighted by Crippen LogP contribution is 2.25. The van der Waals surface area contributed by atoms with E-state index in [9.17, 15) is 14.4 Å². The van der Waals surface area contributed by atoms with Gasteiger partial charge in [-0.2, -0.15) is 0 Å². The minimum atomic E-state index is -0.424. The Morgan fingerprint density at radius 2 is 1.54 bits per heavy atom. The minimum absolute atomic E-state index is 0.0269. The number of nitrogens with two attached hydrogens (primary N) is 1. The van der Waals surface area contributed by atoms with Crippen molar-refractivity contribution in [3.63, 3.8) is 0 Å². The Morgan fingerprint density at radius 1 is 0.857 bits per heavy atom. The van der Waals surface area contributed by atoms with E-state index < -0.39 is 5.91 Å². The van der Waals surface area contributed by atoms with E-state index in [1.807, 2.05) is 9.80 Å². The van der Waals surface area contributed by atoms with Crippen molar-refractivity contribution >= 4 is 17.7 Å². The Balaban J connectivity index is 1.45. The number of hydrogen-bond donors (Lipinski definition) is 1. The van der Waals surface area contributed by atoms with E-state index in [-0.39, 0.29) is 24.7 Å². The summed E-state index contributed by atoms with van der Waals surface area (Å²) in [6, 6.07) is 0.447. The Bertz CT molecular complexity index is 568. The van der Waals surface area contributed by atoms with Crippen molar-refractivity contribution in [1.82, 2.24) is 19.6 Å². The molecule has 3 saturated heterocycles. The van der Waals surface area contributed by atoms with Crippen molar-refractivity contribution < 1.29 is 14.4 Å². The Morgan fingerprint density at radius 3 is 2.18 bits per heavy atom. The third-order valence-corrected chi connectivity index (χ3v) is 6.54. The van der Waals surface area contributed by atoms with Crippen molar-refractivity contribution in [2.75, 3.05) is 59.4 Å². The number of rotatable bonds is 5. The van der Waals surface area contributed by atoms with Crippen LogP contribution in [-0.4, -0.2) is 103 Å². The van der Waals surface area contributed by atoms with Gasteiger partial charge in [-0.1, -0.05) is 0 Å². The van der Waals surface area contributed by atoms with Gasteiger partial charge < -0.3 is 20.4 Å². The van der Waals surface area contributed by atoms with Gasteiger partial charge in [-0.05, 0) is 39.3 Å². The average molecular weight is 394 g/mol. The zero-order valence-corrected chi connectivity index (χ0v) is 17.1. The lowest BCUT2D eigenvalue weighted by Crippen LogP contribution is -2.54. The van der Waals surface area contributed by atoms with Gasteiger partial charge in [0.1, 0.15) is 0 Å². The molecule has 3 amide bonds. The topological polar surface area (TPSA) is 90.2 Å². The summed E-state index contributed by atoms with van der Waals surface area (Å²) in [4.78, 5) is 44.7. The van der Waals surface area contributed by atoms with E-state index in [1.165, 1.54) is 0 Å². The van der Waals surface area contributed by atoms with E-state index in [1.54, 1.807) is 0 Å². The lowest BCUT2D eigenvalue weighted by molar-refractivity contribution is -0.139. The standard InChI is InChI=1S/C20H35N5O3/c1-22-11-13-24(14-12-22)20(28)16-3-2-8-25(15-16)17-6-9-23(10-7-17)19(27)5-4-18(21)26/h16-17H,2-15H2,1H3,(H2,21,26)/t16-/m0/s1. The molecule has 8 nitrogen and oxygen atoms in total. The minimum Gasteiger partial charge on any atom is -0.370 e. The predicted molar refractivity (Wildman–Crippen MR) is 106 cm³/mol. The molecule has 1 atom stereocenters. The number of carbonyl (C=O) groups excluding carboxylic acids is 3. The molecule has 3 aliphatic heterocycles. The molecular formula is C20H35N5O3. The molecule has 3 fully saturated rings. The highest BCUT2D eigenvalue weighted by molar-refractivity contribution is 5.83. The molecule has 0 radical (unpaired) electrons. The van der Waals surface area contributed by atoms with Gasteiger partial charge in [0.05, 0.1) is 5.92 Å². The first-order valence-corrected chi connectivity index (χ1v) is 10.7. The number of likely N-dealkylation sites (N-methyl/N-ethyl adjacent to an activating group) is 1. The molecule has 0 aliphatic carbocycles.